The fourth-order valence-electron chi connectivity index (χ4n) is 2.14. The van der Waals surface area contributed by atoms with Gasteiger partial charge in [-0.3, -0.25) is 5.10 Å². The highest BCUT2D eigenvalue weighted by Gasteiger charge is 2.16. The molecule has 0 aliphatic carbocycles. The maximum Gasteiger partial charge on any atom is 0.149 e. The third-order valence-corrected chi connectivity index (χ3v) is 3.11. The van der Waals surface area contributed by atoms with Gasteiger partial charge in [0.15, 0.2) is 0 Å². The average Bonchev–Trinajstić information content (AvgIpc) is 2.72. The first-order valence-corrected chi connectivity index (χ1v) is 6.03. The van der Waals surface area contributed by atoms with Crippen LogP contribution in [0, 0.1) is 6.92 Å². The van der Waals surface area contributed by atoms with Gasteiger partial charge in [0.25, 0.3) is 0 Å². The quantitative estimate of drug-likeness (QED) is 0.873. The van der Waals surface area contributed by atoms with E-state index in [4.69, 9.17) is 10.5 Å². The first-order chi connectivity index (χ1) is 8.54. The molecule has 4 nitrogen and oxygen atoms in total. The molecule has 0 aliphatic rings. The van der Waals surface area contributed by atoms with Crippen LogP contribution in [0.4, 0.5) is 5.82 Å². The van der Waals surface area contributed by atoms with Crippen LogP contribution in [-0.2, 0) is 0 Å². The van der Waals surface area contributed by atoms with Gasteiger partial charge < -0.3 is 10.5 Å². The van der Waals surface area contributed by atoms with E-state index < -0.39 is 0 Å². The second-order valence-electron chi connectivity index (χ2n) is 4.74. The Hall–Kier alpha value is -1.97. The molecule has 0 unspecified atom stereocenters. The normalized spacial score (nSPS) is 10.9. The van der Waals surface area contributed by atoms with Crippen molar-refractivity contribution in [3.8, 4) is 17.0 Å². The molecule has 2 rings (SSSR count). The number of methoxy groups -OCH3 is 1. The summed E-state index contributed by atoms with van der Waals surface area (Å²) in [6.07, 6.45) is 0. The van der Waals surface area contributed by atoms with Crippen molar-refractivity contribution in [2.45, 2.75) is 26.7 Å². The zero-order valence-electron chi connectivity index (χ0n) is 11.2. The van der Waals surface area contributed by atoms with Gasteiger partial charge in [0.1, 0.15) is 11.6 Å². The molecule has 0 atom stereocenters. The lowest BCUT2D eigenvalue weighted by molar-refractivity contribution is 0.412. The molecular formula is C14H19N3O. The van der Waals surface area contributed by atoms with Gasteiger partial charge in [-0.15, -0.1) is 0 Å². The van der Waals surface area contributed by atoms with Crippen LogP contribution in [0.3, 0.4) is 0 Å². The van der Waals surface area contributed by atoms with Crippen molar-refractivity contribution in [3.05, 3.63) is 29.3 Å². The van der Waals surface area contributed by atoms with Crippen molar-refractivity contribution in [2.75, 3.05) is 12.8 Å². The van der Waals surface area contributed by atoms with Crippen LogP contribution in [0.25, 0.3) is 11.3 Å². The van der Waals surface area contributed by atoms with E-state index in [1.54, 1.807) is 7.11 Å². The van der Waals surface area contributed by atoms with Crippen LogP contribution in [0.15, 0.2) is 18.2 Å². The molecular weight excluding hydrogens is 226 g/mol. The number of nitrogens with one attached hydrogen (secondary N) is 1. The molecule has 0 radical (unpaired) electrons. The van der Waals surface area contributed by atoms with Crippen molar-refractivity contribution < 1.29 is 4.74 Å². The van der Waals surface area contributed by atoms with E-state index in [0.717, 1.165) is 28.1 Å². The summed E-state index contributed by atoms with van der Waals surface area (Å²) in [6, 6.07) is 6.10. The molecule has 1 aromatic carbocycles. The Balaban J connectivity index is 2.55. The maximum absolute atomic E-state index is 5.91. The minimum Gasteiger partial charge on any atom is -0.496 e. The fourth-order valence-corrected chi connectivity index (χ4v) is 2.14. The third-order valence-electron chi connectivity index (χ3n) is 3.11. The summed E-state index contributed by atoms with van der Waals surface area (Å²) < 4.78 is 5.35. The number of nitrogens with two attached hydrogens (primary N) is 1. The maximum atomic E-state index is 5.91. The Kier molecular flexibility index (Phi) is 3.28. The van der Waals surface area contributed by atoms with Crippen LogP contribution in [0.1, 0.15) is 30.9 Å². The van der Waals surface area contributed by atoms with Crippen molar-refractivity contribution in [3.63, 3.8) is 0 Å². The summed E-state index contributed by atoms with van der Waals surface area (Å²) in [5.41, 5.74) is 10.1. The standard InChI is InChI=1S/C14H19N3O/c1-8(2)12-13(16-17-14(12)15)10-6-5-9(3)11(7-10)18-4/h5-8H,1-4H3,(H3,15,16,17). The summed E-state index contributed by atoms with van der Waals surface area (Å²) >= 11 is 0. The van der Waals surface area contributed by atoms with E-state index in [-0.39, 0.29) is 0 Å². The molecule has 0 saturated heterocycles. The molecule has 0 spiro atoms. The number of hydrogen-bond donors (Lipinski definition) is 2. The SMILES string of the molecule is COc1cc(-c2[nH]nc(N)c2C(C)C)ccc1C. The lowest BCUT2D eigenvalue weighted by atomic mass is 9.98. The summed E-state index contributed by atoms with van der Waals surface area (Å²) in [5, 5.41) is 7.12. The number of benzene rings is 1. The van der Waals surface area contributed by atoms with Crippen LogP contribution < -0.4 is 10.5 Å². The van der Waals surface area contributed by atoms with E-state index in [1.807, 2.05) is 19.1 Å². The first-order valence-electron chi connectivity index (χ1n) is 6.03. The van der Waals surface area contributed by atoms with Gasteiger partial charge in [-0.25, -0.2) is 0 Å². The Morgan fingerprint density at radius 1 is 1.33 bits per heavy atom. The van der Waals surface area contributed by atoms with Crippen molar-refractivity contribution in [2.24, 2.45) is 0 Å². The van der Waals surface area contributed by atoms with Gasteiger partial charge in [-0.2, -0.15) is 5.10 Å². The van der Waals surface area contributed by atoms with Crippen molar-refractivity contribution in [1.82, 2.24) is 10.2 Å². The zero-order chi connectivity index (χ0) is 13.3. The van der Waals surface area contributed by atoms with Gasteiger partial charge in [0.2, 0.25) is 0 Å². The second-order valence-corrected chi connectivity index (χ2v) is 4.74. The van der Waals surface area contributed by atoms with Gasteiger partial charge >= 0.3 is 0 Å². The smallest absolute Gasteiger partial charge is 0.149 e. The zero-order valence-corrected chi connectivity index (χ0v) is 11.2. The second kappa shape index (κ2) is 4.72. The molecule has 96 valence electrons. The number of H-pyrrole nitrogens is 1. The van der Waals surface area contributed by atoms with E-state index in [1.165, 1.54) is 0 Å². The Morgan fingerprint density at radius 3 is 2.67 bits per heavy atom. The van der Waals surface area contributed by atoms with Gasteiger partial charge in [0.05, 0.1) is 12.8 Å². The number of anilines is 1. The van der Waals surface area contributed by atoms with E-state index in [9.17, 15) is 0 Å². The molecule has 2 aromatic rings. The summed E-state index contributed by atoms with van der Waals surface area (Å²) in [5.74, 6) is 1.76. The first kappa shape index (κ1) is 12.5. The number of hydrogen-bond acceptors (Lipinski definition) is 3. The topological polar surface area (TPSA) is 63.9 Å². The average molecular weight is 245 g/mol. The Bertz CT molecular complexity index is 558. The summed E-state index contributed by atoms with van der Waals surface area (Å²) in [4.78, 5) is 0. The van der Waals surface area contributed by atoms with Crippen molar-refractivity contribution in [1.29, 1.82) is 0 Å². The predicted molar refractivity (Wildman–Crippen MR) is 73.8 cm³/mol. The Morgan fingerprint density at radius 2 is 2.06 bits per heavy atom. The summed E-state index contributed by atoms with van der Waals surface area (Å²) in [6.45, 7) is 6.24. The number of ether oxygens (including phenoxy) is 1. The molecule has 3 N–H and O–H groups in total. The molecule has 0 saturated carbocycles. The Labute approximate surface area is 107 Å². The molecule has 1 aromatic heterocycles. The number of aryl methyl sites for hydroxylation is 1. The fraction of sp³-hybridized carbons (Fsp3) is 0.357. The van der Waals surface area contributed by atoms with Gasteiger partial charge in [-0.1, -0.05) is 26.0 Å². The lowest BCUT2D eigenvalue weighted by Crippen LogP contribution is -1.95. The molecule has 18 heavy (non-hydrogen) atoms. The molecule has 0 aliphatic heterocycles. The number of nitrogen functional groups attached to an aromatic ring is 1. The molecule has 0 amide bonds. The van der Waals surface area contributed by atoms with Crippen molar-refractivity contribution >= 4 is 5.82 Å². The molecule has 0 fully saturated rings. The lowest BCUT2D eigenvalue weighted by Gasteiger charge is -2.10. The van der Waals surface area contributed by atoms with Crippen LogP contribution in [-0.4, -0.2) is 17.3 Å². The van der Waals surface area contributed by atoms with E-state index in [0.29, 0.717) is 11.7 Å². The minimum absolute atomic E-state index is 0.325. The predicted octanol–water partition coefficient (Wildman–Crippen LogP) is 3.10. The monoisotopic (exact) mass is 245 g/mol. The highest BCUT2D eigenvalue weighted by Crippen LogP contribution is 2.33. The van der Waals surface area contributed by atoms with E-state index >= 15 is 0 Å². The highest BCUT2D eigenvalue weighted by atomic mass is 16.5. The summed E-state index contributed by atoms with van der Waals surface area (Å²) in [7, 11) is 1.68. The van der Waals surface area contributed by atoms with Gasteiger partial charge in [-0.05, 0) is 24.5 Å². The van der Waals surface area contributed by atoms with Crippen LogP contribution in [0.5, 0.6) is 5.75 Å². The third kappa shape index (κ3) is 2.06. The highest BCUT2D eigenvalue weighted by molar-refractivity contribution is 5.70. The van der Waals surface area contributed by atoms with Crippen LogP contribution >= 0.6 is 0 Å². The number of aromatic amines is 1. The molecule has 0 bridgehead atoms. The largest absolute Gasteiger partial charge is 0.496 e. The van der Waals surface area contributed by atoms with Crippen LogP contribution in [0.2, 0.25) is 0 Å². The number of aromatic nitrogens is 2. The van der Waals surface area contributed by atoms with Gasteiger partial charge in [0, 0.05) is 11.1 Å². The molecule has 1 heterocycles. The van der Waals surface area contributed by atoms with E-state index in [2.05, 4.69) is 30.1 Å². The molecule has 4 heteroatoms. The number of nitrogens with zero attached hydrogens (tertiary/aromatic N) is 1. The minimum atomic E-state index is 0.325. The number of rotatable bonds is 3.